The Kier molecular flexibility index (Phi) is 2.38. The highest BCUT2D eigenvalue weighted by molar-refractivity contribution is 7.86. The molecule has 0 saturated heterocycles. The van der Waals surface area contributed by atoms with E-state index in [1.165, 1.54) is 0 Å². The Morgan fingerprint density at radius 1 is 1.38 bits per heavy atom. The number of rotatable bonds is 1. The molecule has 0 unspecified atom stereocenters. The fraction of sp³-hybridized carbons (Fsp3) is 0. The maximum atomic E-state index is 10.7. The van der Waals surface area contributed by atoms with Crippen LogP contribution in [0.5, 0.6) is 5.75 Å². The summed E-state index contributed by atoms with van der Waals surface area (Å²) in [4.78, 5) is -0.605. The summed E-state index contributed by atoms with van der Waals surface area (Å²) < 4.78 is 30.0. The van der Waals surface area contributed by atoms with Crippen molar-refractivity contribution in [2.75, 3.05) is 5.73 Å². The molecule has 0 amide bonds. The lowest BCUT2D eigenvalue weighted by Gasteiger charge is -2.04. The van der Waals surface area contributed by atoms with Gasteiger partial charge in [0.1, 0.15) is 10.6 Å². The Bertz CT molecular complexity index is 442. The standard InChI is InChI=1S/C6H6ClNO4S/c7-6-4(8)1-3(9)2-5(6)13(10,11)12/h1-2,9H,8H2,(H,10,11,12). The first-order chi connectivity index (χ1) is 5.82. The maximum Gasteiger partial charge on any atom is 0.296 e. The first kappa shape index (κ1) is 10.1. The van der Waals surface area contributed by atoms with Gasteiger partial charge >= 0.3 is 0 Å². The summed E-state index contributed by atoms with van der Waals surface area (Å²) >= 11 is 5.47. The summed E-state index contributed by atoms with van der Waals surface area (Å²) in [5, 5.41) is 8.66. The number of hydrogen-bond acceptors (Lipinski definition) is 4. The summed E-state index contributed by atoms with van der Waals surface area (Å²) in [6, 6.07) is 1.89. The summed E-state index contributed by atoms with van der Waals surface area (Å²) in [5.41, 5.74) is 5.13. The second-order valence-corrected chi connectivity index (χ2v) is 4.09. The number of hydrogen-bond donors (Lipinski definition) is 3. The summed E-state index contributed by atoms with van der Waals surface area (Å²) in [6.07, 6.45) is 0. The van der Waals surface area contributed by atoms with Crippen molar-refractivity contribution in [1.82, 2.24) is 0 Å². The third kappa shape index (κ3) is 2.03. The number of nitrogens with two attached hydrogens (primary N) is 1. The van der Waals surface area contributed by atoms with Crippen LogP contribution < -0.4 is 5.73 Å². The summed E-state index contributed by atoms with van der Waals surface area (Å²) in [6.45, 7) is 0. The van der Waals surface area contributed by atoms with Crippen molar-refractivity contribution >= 4 is 27.4 Å². The van der Waals surface area contributed by atoms with Gasteiger partial charge < -0.3 is 10.8 Å². The number of phenols is 1. The molecule has 0 aliphatic heterocycles. The lowest BCUT2D eigenvalue weighted by molar-refractivity contribution is 0.466. The van der Waals surface area contributed by atoms with Crippen molar-refractivity contribution in [2.24, 2.45) is 0 Å². The van der Waals surface area contributed by atoms with Gasteiger partial charge in [-0.1, -0.05) is 11.6 Å². The first-order valence-electron chi connectivity index (χ1n) is 3.08. The molecule has 0 heterocycles. The van der Waals surface area contributed by atoms with Gasteiger partial charge in [-0.2, -0.15) is 8.42 Å². The molecule has 0 bridgehead atoms. The highest BCUT2D eigenvalue weighted by Crippen LogP contribution is 2.31. The average molecular weight is 224 g/mol. The topological polar surface area (TPSA) is 101 Å². The van der Waals surface area contributed by atoms with E-state index < -0.39 is 15.0 Å². The van der Waals surface area contributed by atoms with E-state index in [1.54, 1.807) is 0 Å². The molecule has 0 atom stereocenters. The smallest absolute Gasteiger partial charge is 0.296 e. The third-order valence-electron chi connectivity index (χ3n) is 1.33. The van der Waals surface area contributed by atoms with E-state index in [4.69, 9.17) is 27.0 Å². The number of nitrogen functional groups attached to an aromatic ring is 1. The molecule has 0 aliphatic rings. The molecular weight excluding hydrogens is 218 g/mol. The Morgan fingerprint density at radius 3 is 2.38 bits per heavy atom. The van der Waals surface area contributed by atoms with Gasteiger partial charge in [-0.05, 0) is 0 Å². The average Bonchev–Trinajstić information content (AvgIpc) is 1.94. The molecule has 0 aliphatic carbocycles. The minimum absolute atomic E-state index is 0.116. The van der Waals surface area contributed by atoms with Crippen molar-refractivity contribution in [3.8, 4) is 5.75 Å². The van der Waals surface area contributed by atoms with Crippen LogP contribution in [-0.4, -0.2) is 18.1 Å². The molecule has 5 nitrogen and oxygen atoms in total. The van der Waals surface area contributed by atoms with Gasteiger partial charge in [-0.15, -0.1) is 0 Å². The first-order valence-corrected chi connectivity index (χ1v) is 4.89. The minimum atomic E-state index is -4.45. The number of phenolic OH excluding ortho intramolecular Hbond substituents is 1. The van der Waals surface area contributed by atoms with Crippen molar-refractivity contribution in [2.45, 2.75) is 4.90 Å². The monoisotopic (exact) mass is 223 g/mol. The Morgan fingerprint density at radius 2 is 1.92 bits per heavy atom. The van der Waals surface area contributed by atoms with Gasteiger partial charge in [-0.25, -0.2) is 0 Å². The Balaban J connectivity index is 3.56. The van der Waals surface area contributed by atoms with Gasteiger partial charge in [0.15, 0.2) is 0 Å². The second-order valence-electron chi connectivity index (χ2n) is 2.32. The highest BCUT2D eigenvalue weighted by atomic mass is 35.5. The van der Waals surface area contributed by atoms with Crippen LogP contribution in [0.4, 0.5) is 5.69 Å². The van der Waals surface area contributed by atoms with E-state index in [0.29, 0.717) is 0 Å². The number of benzene rings is 1. The number of aromatic hydroxyl groups is 1. The lowest BCUT2D eigenvalue weighted by Crippen LogP contribution is -2.01. The highest BCUT2D eigenvalue weighted by Gasteiger charge is 2.17. The molecule has 0 spiro atoms. The Labute approximate surface area is 79.5 Å². The SMILES string of the molecule is Nc1cc(O)cc(S(=O)(=O)O)c1Cl. The van der Waals surface area contributed by atoms with Gasteiger partial charge in [0.05, 0.1) is 10.7 Å². The van der Waals surface area contributed by atoms with Crippen LogP contribution >= 0.6 is 11.6 Å². The molecule has 0 fully saturated rings. The molecule has 7 heteroatoms. The van der Waals surface area contributed by atoms with E-state index in [0.717, 1.165) is 12.1 Å². The van der Waals surface area contributed by atoms with E-state index in [1.807, 2.05) is 0 Å². The van der Waals surface area contributed by atoms with Crippen molar-refractivity contribution in [3.63, 3.8) is 0 Å². The van der Waals surface area contributed by atoms with Crippen molar-refractivity contribution in [1.29, 1.82) is 0 Å². The largest absolute Gasteiger partial charge is 0.508 e. The van der Waals surface area contributed by atoms with Crippen LogP contribution in [0, 0.1) is 0 Å². The van der Waals surface area contributed by atoms with Crippen LogP contribution in [0.2, 0.25) is 5.02 Å². The predicted molar refractivity (Wildman–Crippen MR) is 47.3 cm³/mol. The molecule has 13 heavy (non-hydrogen) atoms. The fourth-order valence-electron chi connectivity index (χ4n) is 0.792. The zero-order chi connectivity index (χ0) is 10.2. The molecule has 1 rings (SSSR count). The fourth-order valence-corrected chi connectivity index (χ4v) is 1.81. The van der Waals surface area contributed by atoms with E-state index >= 15 is 0 Å². The van der Waals surface area contributed by atoms with Gasteiger partial charge in [0.25, 0.3) is 10.1 Å². The van der Waals surface area contributed by atoms with Crippen LogP contribution in [0.1, 0.15) is 0 Å². The molecular formula is C6H6ClNO4S. The zero-order valence-electron chi connectivity index (χ0n) is 6.23. The molecule has 0 radical (unpaired) electrons. The lowest BCUT2D eigenvalue weighted by atomic mass is 10.3. The number of anilines is 1. The zero-order valence-corrected chi connectivity index (χ0v) is 7.80. The van der Waals surface area contributed by atoms with Crippen molar-refractivity contribution in [3.05, 3.63) is 17.2 Å². The molecule has 72 valence electrons. The summed E-state index contributed by atoms with van der Waals surface area (Å²) in [5.74, 6) is -0.380. The molecule has 1 aromatic carbocycles. The van der Waals surface area contributed by atoms with E-state index in [9.17, 15) is 8.42 Å². The molecule has 1 aromatic rings. The van der Waals surface area contributed by atoms with E-state index in [2.05, 4.69) is 0 Å². The quantitative estimate of drug-likeness (QED) is 0.485. The maximum absolute atomic E-state index is 10.7. The number of halogens is 1. The third-order valence-corrected chi connectivity index (χ3v) is 2.74. The Hall–Kier alpha value is -0.980. The van der Waals surface area contributed by atoms with Crippen LogP contribution in [0.15, 0.2) is 17.0 Å². The molecule has 0 saturated carbocycles. The molecule has 0 aromatic heterocycles. The van der Waals surface area contributed by atoms with Gasteiger partial charge in [-0.3, -0.25) is 4.55 Å². The minimum Gasteiger partial charge on any atom is -0.508 e. The molecule has 4 N–H and O–H groups in total. The van der Waals surface area contributed by atoms with Crippen LogP contribution in [0.3, 0.4) is 0 Å². The van der Waals surface area contributed by atoms with Gasteiger partial charge in [0.2, 0.25) is 0 Å². The summed E-state index contributed by atoms with van der Waals surface area (Å²) in [7, 11) is -4.45. The van der Waals surface area contributed by atoms with Gasteiger partial charge in [0, 0.05) is 12.1 Å². The predicted octanol–water partition coefficient (Wildman–Crippen LogP) is 0.875. The van der Waals surface area contributed by atoms with E-state index in [-0.39, 0.29) is 16.5 Å². The van der Waals surface area contributed by atoms with Crippen LogP contribution in [0.25, 0.3) is 0 Å². The van der Waals surface area contributed by atoms with Crippen molar-refractivity contribution < 1.29 is 18.1 Å². The normalized spacial score (nSPS) is 11.5. The van der Waals surface area contributed by atoms with Crippen LogP contribution in [-0.2, 0) is 10.1 Å². The second kappa shape index (κ2) is 3.06.